The molecule has 0 aliphatic carbocycles. The van der Waals surface area contributed by atoms with Crippen LogP contribution in [-0.4, -0.2) is 19.7 Å². The Morgan fingerprint density at radius 3 is 2.59 bits per heavy atom. The zero-order valence-corrected chi connectivity index (χ0v) is 10.4. The smallest absolute Gasteiger partial charge is 0.176 e. The molecule has 0 aliphatic rings. The molecule has 2 rings (SSSR count). The Morgan fingerprint density at radius 2 is 2.12 bits per heavy atom. The number of nitrogens with zero attached hydrogens (tertiary/aromatic N) is 4. The summed E-state index contributed by atoms with van der Waals surface area (Å²) in [5.74, 6) is 1.95. The van der Waals surface area contributed by atoms with E-state index in [-0.39, 0.29) is 0 Å². The maximum absolute atomic E-state index is 5.54. The molecule has 0 unspecified atom stereocenters. The quantitative estimate of drug-likeness (QED) is 0.868. The Hall–Kier alpha value is -1.75. The van der Waals surface area contributed by atoms with Gasteiger partial charge in [0.15, 0.2) is 11.6 Å². The van der Waals surface area contributed by atoms with Gasteiger partial charge in [0.25, 0.3) is 0 Å². The second kappa shape index (κ2) is 4.63. The molecule has 2 aromatic heterocycles. The van der Waals surface area contributed by atoms with Crippen molar-refractivity contribution in [2.24, 2.45) is 12.8 Å². The first-order chi connectivity index (χ1) is 8.11. The average Bonchev–Trinajstić information content (AvgIpc) is 2.72. The monoisotopic (exact) mass is 231 g/mol. The molecule has 5 heteroatoms. The van der Waals surface area contributed by atoms with Crippen molar-refractivity contribution in [3.05, 3.63) is 29.7 Å². The first-order valence-corrected chi connectivity index (χ1v) is 5.68. The molecule has 0 saturated carbocycles. The van der Waals surface area contributed by atoms with Gasteiger partial charge in [-0.3, -0.25) is 4.98 Å². The van der Waals surface area contributed by atoms with Gasteiger partial charge in [0, 0.05) is 25.7 Å². The molecule has 0 saturated heterocycles. The summed E-state index contributed by atoms with van der Waals surface area (Å²) in [6.45, 7) is 4.65. The van der Waals surface area contributed by atoms with E-state index in [2.05, 4.69) is 28.9 Å². The van der Waals surface area contributed by atoms with Crippen molar-refractivity contribution in [3.63, 3.8) is 0 Å². The molecule has 5 nitrogen and oxygen atoms in total. The zero-order valence-electron chi connectivity index (χ0n) is 10.4. The average molecular weight is 231 g/mol. The highest BCUT2D eigenvalue weighted by Gasteiger charge is 2.12. The highest BCUT2D eigenvalue weighted by Crippen LogP contribution is 2.17. The number of aromatic nitrogens is 4. The lowest BCUT2D eigenvalue weighted by atomic mass is 10.2. The number of hydrogen-bond acceptors (Lipinski definition) is 4. The number of pyridine rings is 1. The van der Waals surface area contributed by atoms with E-state index in [4.69, 9.17) is 5.73 Å². The Balaban J connectivity index is 2.38. The van der Waals surface area contributed by atoms with E-state index in [0.29, 0.717) is 12.5 Å². The molecule has 0 aliphatic heterocycles. The van der Waals surface area contributed by atoms with Crippen molar-refractivity contribution in [3.8, 4) is 11.5 Å². The molecule has 2 aromatic rings. The summed E-state index contributed by atoms with van der Waals surface area (Å²) >= 11 is 0. The molecule has 0 atom stereocenters. The van der Waals surface area contributed by atoms with Crippen LogP contribution in [0.25, 0.3) is 11.5 Å². The Kier molecular flexibility index (Phi) is 3.19. The van der Waals surface area contributed by atoms with Crippen molar-refractivity contribution < 1.29 is 0 Å². The van der Waals surface area contributed by atoms with Crippen molar-refractivity contribution in [2.75, 3.05) is 0 Å². The SMILES string of the molecule is CC(C)c1nc(-c2ccc(CN)cn2)n(C)n1. The van der Waals surface area contributed by atoms with E-state index in [0.717, 1.165) is 22.9 Å². The van der Waals surface area contributed by atoms with Crippen molar-refractivity contribution in [1.29, 1.82) is 0 Å². The number of aryl methyl sites for hydroxylation is 1. The minimum atomic E-state index is 0.318. The van der Waals surface area contributed by atoms with Crippen LogP contribution in [-0.2, 0) is 13.6 Å². The van der Waals surface area contributed by atoms with Crippen LogP contribution in [0.2, 0.25) is 0 Å². The fraction of sp³-hybridized carbons (Fsp3) is 0.417. The first kappa shape index (κ1) is 11.7. The third-order valence-corrected chi connectivity index (χ3v) is 2.59. The van der Waals surface area contributed by atoms with Gasteiger partial charge in [-0.2, -0.15) is 5.10 Å². The number of rotatable bonds is 3. The van der Waals surface area contributed by atoms with Gasteiger partial charge < -0.3 is 5.73 Å². The van der Waals surface area contributed by atoms with Gasteiger partial charge in [-0.15, -0.1) is 0 Å². The van der Waals surface area contributed by atoms with E-state index >= 15 is 0 Å². The van der Waals surface area contributed by atoms with E-state index < -0.39 is 0 Å². The van der Waals surface area contributed by atoms with E-state index in [1.54, 1.807) is 10.9 Å². The summed E-state index contributed by atoms with van der Waals surface area (Å²) in [5.41, 5.74) is 7.38. The van der Waals surface area contributed by atoms with Crippen LogP contribution in [0.1, 0.15) is 31.2 Å². The maximum atomic E-state index is 5.54. The highest BCUT2D eigenvalue weighted by molar-refractivity contribution is 5.49. The summed E-state index contributed by atoms with van der Waals surface area (Å²) in [6.07, 6.45) is 1.78. The van der Waals surface area contributed by atoms with Crippen LogP contribution >= 0.6 is 0 Å². The second-order valence-electron chi connectivity index (χ2n) is 4.33. The summed E-state index contributed by atoms with van der Waals surface area (Å²) in [4.78, 5) is 8.84. The summed E-state index contributed by atoms with van der Waals surface area (Å²) in [7, 11) is 1.88. The van der Waals surface area contributed by atoms with Crippen LogP contribution in [0.3, 0.4) is 0 Å². The third kappa shape index (κ3) is 2.34. The van der Waals surface area contributed by atoms with Crippen molar-refractivity contribution >= 4 is 0 Å². The van der Waals surface area contributed by atoms with Gasteiger partial charge in [0.05, 0.1) is 0 Å². The Labute approximate surface area is 101 Å². The minimum Gasteiger partial charge on any atom is -0.326 e. The minimum absolute atomic E-state index is 0.318. The molecular formula is C12H17N5. The highest BCUT2D eigenvalue weighted by atomic mass is 15.3. The topological polar surface area (TPSA) is 69.6 Å². The van der Waals surface area contributed by atoms with E-state index in [1.807, 2.05) is 19.2 Å². The largest absolute Gasteiger partial charge is 0.326 e. The predicted molar refractivity (Wildman–Crippen MR) is 66.2 cm³/mol. The molecule has 0 radical (unpaired) electrons. The molecule has 0 aromatic carbocycles. The van der Waals surface area contributed by atoms with Gasteiger partial charge in [0.2, 0.25) is 0 Å². The predicted octanol–water partition coefficient (Wildman–Crippen LogP) is 1.46. The lowest BCUT2D eigenvalue weighted by molar-refractivity contribution is 0.711. The molecule has 2 heterocycles. The summed E-state index contributed by atoms with van der Waals surface area (Å²) in [6, 6.07) is 3.89. The summed E-state index contributed by atoms with van der Waals surface area (Å²) in [5, 5.41) is 4.37. The number of nitrogens with two attached hydrogens (primary N) is 1. The van der Waals surface area contributed by atoms with Crippen molar-refractivity contribution in [2.45, 2.75) is 26.3 Å². The molecular weight excluding hydrogens is 214 g/mol. The van der Waals surface area contributed by atoms with Crippen LogP contribution in [0, 0.1) is 0 Å². The Morgan fingerprint density at radius 1 is 1.35 bits per heavy atom. The Bertz CT molecular complexity index is 498. The van der Waals surface area contributed by atoms with Gasteiger partial charge >= 0.3 is 0 Å². The van der Waals surface area contributed by atoms with Crippen molar-refractivity contribution in [1.82, 2.24) is 19.7 Å². The van der Waals surface area contributed by atoms with Gasteiger partial charge in [0.1, 0.15) is 5.69 Å². The fourth-order valence-electron chi connectivity index (χ4n) is 1.55. The maximum Gasteiger partial charge on any atom is 0.176 e. The van der Waals surface area contributed by atoms with Gasteiger partial charge in [-0.1, -0.05) is 19.9 Å². The van der Waals surface area contributed by atoms with Crippen LogP contribution in [0.15, 0.2) is 18.3 Å². The van der Waals surface area contributed by atoms with Gasteiger partial charge in [-0.25, -0.2) is 9.67 Å². The number of hydrogen-bond donors (Lipinski definition) is 1. The zero-order chi connectivity index (χ0) is 12.4. The fourth-order valence-corrected chi connectivity index (χ4v) is 1.55. The molecule has 0 bridgehead atoms. The molecule has 0 spiro atoms. The summed E-state index contributed by atoms with van der Waals surface area (Å²) < 4.78 is 1.76. The molecule has 0 fully saturated rings. The molecule has 2 N–H and O–H groups in total. The lowest BCUT2D eigenvalue weighted by Crippen LogP contribution is -1.99. The second-order valence-corrected chi connectivity index (χ2v) is 4.33. The van der Waals surface area contributed by atoms with Crippen LogP contribution < -0.4 is 5.73 Å². The van der Waals surface area contributed by atoms with E-state index in [1.165, 1.54) is 0 Å². The lowest BCUT2D eigenvalue weighted by Gasteiger charge is -2.00. The molecule has 0 amide bonds. The van der Waals surface area contributed by atoms with Crippen LogP contribution in [0.5, 0.6) is 0 Å². The first-order valence-electron chi connectivity index (χ1n) is 5.68. The normalized spacial score (nSPS) is 11.1. The third-order valence-electron chi connectivity index (χ3n) is 2.59. The van der Waals surface area contributed by atoms with Gasteiger partial charge in [-0.05, 0) is 11.6 Å². The standard InChI is InChI=1S/C12H17N5/c1-8(2)11-15-12(17(3)16-11)10-5-4-9(6-13)7-14-10/h4-5,7-8H,6,13H2,1-3H3. The molecule has 90 valence electrons. The van der Waals surface area contributed by atoms with Crippen LogP contribution in [0.4, 0.5) is 0 Å². The van der Waals surface area contributed by atoms with E-state index in [9.17, 15) is 0 Å². The molecule has 17 heavy (non-hydrogen) atoms.